The second-order valence-electron chi connectivity index (χ2n) is 2.73. The van der Waals surface area contributed by atoms with Gasteiger partial charge in [-0.05, 0) is 6.92 Å². The normalized spacial score (nSPS) is 10.3. The first-order valence-corrected chi connectivity index (χ1v) is 3.78. The summed E-state index contributed by atoms with van der Waals surface area (Å²) < 4.78 is 1.86. The van der Waals surface area contributed by atoms with E-state index in [9.17, 15) is 0 Å². The summed E-state index contributed by atoms with van der Waals surface area (Å²) >= 11 is 5.97. The Bertz CT molecular complexity index is 265. The van der Waals surface area contributed by atoms with Crippen LogP contribution < -0.4 is 4.90 Å². The van der Waals surface area contributed by atoms with E-state index < -0.39 is 0 Å². The van der Waals surface area contributed by atoms with E-state index in [-0.39, 0.29) is 0 Å². The first-order valence-electron chi connectivity index (χ1n) is 3.40. The molecule has 0 aromatic carbocycles. The third kappa shape index (κ3) is 1.33. The standard InChI is InChI=1S/C7H12ClN3/c1-5-9-7(10(2)3)6(8)11(5)4/h1-4H3. The molecule has 11 heavy (non-hydrogen) atoms. The van der Waals surface area contributed by atoms with E-state index in [1.807, 2.05) is 37.5 Å². The van der Waals surface area contributed by atoms with Crippen LogP contribution in [0.25, 0.3) is 0 Å². The fourth-order valence-corrected chi connectivity index (χ4v) is 1.18. The molecule has 1 rings (SSSR count). The molecule has 0 amide bonds. The van der Waals surface area contributed by atoms with Crippen LogP contribution in [0.3, 0.4) is 0 Å². The molecule has 0 spiro atoms. The third-order valence-corrected chi connectivity index (χ3v) is 2.08. The van der Waals surface area contributed by atoms with Crippen molar-refractivity contribution in [1.82, 2.24) is 9.55 Å². The average Bonchev–Trinajstić information content (AvgIpc) is 2.17. The maximum absolute atomic E-state index is 5.97. The Morgan fingerprint density at radius 2 is 2.00 bits per heavy atom. The molecular formula is C7H12ClN3. The van der Waals surface area contributed by atoms with Crippen LogP contribution in [0.15, 0.2) is 0 Å². The topological polar surface area (TPSA) is 21.1 Å². The minimum atomic E-state index is 0.688. The smallest absolute Gasteiger partial charge is 0.166 e. The molecule has 0 aliphatic rings. The van der Waals surface area contributed by atoms with Crippen LogP contribution in [0.2, 0.25) is 5.15 Å². The maximum atomic E-state index is 5.97. The Labute approximate surface area is 71.6 Å². The van der Waals surface area contributed by atoms with E-state index in [1.165, 1.54) is 0 Å². The highest BCUT2D eigenvalue weighted by molar-refractivity contribution is 6.32. The van der Waals surface area contributed by atoms with Crippen LogP contribution in [0.4, 0.5) is 5.82 Å². The van der Waals surface area contributed by atoms with Crippen molar-refractivity contribution in [2.75, 3.05) is 19.0 Å². The Hall–Kier alpha value is -0.700. The van der Waals surface area contributed by atoms with Crippen LogP contribution in [0.1, 0.15) is 5.82 Å². The maximum Gasteiger partial charge on any atom is 0.166 e. The highest BCUT2D eigenvalue weighted by atomic mass is 35.5. The Morgan fingerprint density at radius 1 is 1.45 bits per heavy atom. The van der Waals surface area contributed by atoms with Crippen molar-refractivity contribution in [1.29, 1.82) is 0 Å². The summed E-state index contributed by atoms with van der Waals surface area (Å²) in [5.74, 6) is 1.75. The summed E-state index contributed by atoms with van der Waals surface area (Å²) in [4.78, 5) is 6.16. The highest BCUT2D eigenvalue weighted by Crippen LogP contribution is 2.22. The summed E-state index contributed by atoms with van der Waals surface area (Å²) in [6.07, 6.45) is 0. The van der Waals surface area contributed by atoms with Gasteiger partial charge in [-0.2, -0.15) is 0 Å². The van der Waals surface area contributed by atoms with Crippen LogP contribution in [0.5, 0.6) is 0 Å². The molecule has 0 saturated carbocycles. The first kappa shape index (κ1) is 8.40. The molecule has 0 saturated heterocycles. The minimum absolute atomic E-state index is 0.688. The summed E-state index contributed by atoms with van der Waals surface area (Å²) in [7, 11) is 5.75. The van der Waals surface area contributed by atoms with E-state index in [0.29, 0.717) is 5.15 Å². The van der Waals surface area contributed by atoms with Crippen molar-refractivity contribution >= 4 is 17.4 Å². The molecule has 0 fully saturated rings. The van der Waals surface area contributed by atoms with Crippen molar-refractivity contribution in [3.8, 4) is 0 Å². The van der Waals surface area contributed by atoms with Gasteiger partial charge < -0.3 is 9.47 Å². The van der Waals surface area contributed by atoms with Gasteiger partial charge in [0.1, 0.15) is 5.82 Å². The van der Waals surface area contributed by atoms with E-state index in [4.69, 9.17) is 11.6 Å². The molecule has 1 aromatic heterocycles. The molecule has 3 nitrogen and oxygen atoms in total. The number of nitrogens with zero attached hydrogens (tertiary/aromatic N) is 3. The molecule has 0 aliphatic heterocycles. The molecule has 62 valence electrons. The van der Waals surface area contributed by atoms with Crippen molar-refractivity contribution in [3.05, 3.63) is 11.0 Å². The lowest BCUT2D eigenvalue weighted by Gasteiger charge is -2.07. The van der Waals surface area contributed by atoms with Crippen LogP contribution in [0, 0.1) is 6.92 Å². The van der Waals surface area contributed by atoms with Gasteiger partial charge in [0.2, 0.25) is 0 Å². The molecule has 1 aromatic rings. The number of aromatic nitrogens is 2. The van der Waals surface area contributed by atoms with Crippen molar-refractivity contribution in [2.24, 2.45) is 7.05 Å². The summed E-state index contributed by atoms with van der Waals surface area (Å²) in [5, 5.41) is 0.688. The van der Waals surface area contributed by atoms with E-state index in [2.05, 4.69) is 4.98 Å². The highest BCUT2D eigenvalue weighted by Gasteiger charge is 2.10. The van der Waals surface area contributed by atoms with Crippen molar-refractivity contribution < 1.29 is 0 Å². The number of aryl methyl sites for hydroxylation is 1. The van der Waals surface area contributed by atoms with Gasteiger partial charge >= 0.3 is 0 Å². The van der Waals surface area contributed by atoms with Crippen LogP contribution >= 0.6 is 11.6 Å². The predicted octanol–water partition coefficient (Wildman–Crippen LogP) is 1.45. The zero-order chi connectivity index (χ0) is 8.59. The zero-order valence-electron chi connectivity index (χ0n) is 7.22. The lowest BCUT2D eigenvalue weighted by atomic mass is 10.7. The van der Waals surface area contributed by atoms with Gasteiger partial charge in [0.15, 0.2) is 11.0 Å². The molecule has 0 unspecified atom stereocenters. The monoisotopic (exact) mass is 173 g/mol. The molecule has 0 bridgehead atoms. The summed E-state index contributed by atoms with van der Waals surface area (Å²) in [5.41, 5.74) is 0. The lowest BCUT2D eigenvalue weighted by molar-refractivity contribution is 0.859. The van der Waals surface area contributed by atoms with E-state index >= 15 is 0 Å². The van der Waals surface area contributed by atoms with Crippen LogP contribution in [-0.4, -0.2) is 23.6 Å². The molecule has 0 N–H and O–H groups in total. The summed E-state index contributed by atoms with van der Waals surface area (Å²) in [6, 6.07) is 0. The molecular weight excluding hydrogens is 162 g/mol. The van der Waals surface area contributed by atoms with Crippen molar-refractivity contribution in [3.63, 3.8) is 0 Å². The Morgan fingerprint density at radius 3 is 2.18 bits per heavy atom. The van der Waals surface area contributed by atoms with Gasteiger partial charge in [-0.3, -0.25) is 0 Å². The predicted molar refractivity (Wildman–Crippen MR) is 47.3 cm³/mol. The lowest BCUT2D eigenvalue weighted by Crippen LogP contribution is -2.09. The van der Waals surface area contributed by atoms with E-state index in [0.717, 1.165) is 11.6 Å². The zero-order valence-corrected chi connectivity index (χ0v) is 7.98. The molecule has 1 heterocycles. The number of rotatable bonds is 1. The molecule has 0 aliphatic carbocycles. The SMILES string of the molecule is Cc1nc(N(C)C)c(Cl)n1C. The second kappa shape index (κ2) is 2.74. The van der Waals surface area contributed by atoms with Gasteiger partial charge in [-0.15, -0.1) is 0 Å². The number of hydrogen-bond donors (Lipinski definition) is 0. The van der Waals surface area contributed by atoms with Gasteiger partial charge in [0.05, 0.1) is 0 Å². The fraction of sp³-hybridized carbons (Fsp3) is 0.571. The first-order chi connectivity index (χ1) is 5.04. The number of imidazole rings is 1. The number of halogens is 1. The minimum Gasteiger partial charge on any atom is -0.360 e. The Kier molecular flexibility index (Phi) is 2.09. The molecule has 0 radical (unpaired) electrons. The van der Waals surface area contributed by atoms with Crippen LogP contribution in [-0.2, 0) is 7.05 Å². The largest absolute Gasteiger partial charge is 0.360 e. The average molecular weight is 174 g/mol. The van der Waals surface area contributed by atoms with Gasteiger partial charge in [0, 0.05) is 21.1 Å². The van der Waals surface area contributed by atoms with Gasteiger partial charge in [0.25, 0.3) is 0 Å². The number of anilines is 1. The van der Waals surface area contributed by atoms with Gasteiger partial charge in [-0.1, -0.05) is 11.6 Å². The molecule has 4 heteroatoms. The number of hydrogen-bond acceptors (Lipinski definition) is 2. The molecule has 0 atom stereocenters. The second-order valence-corrected chi connectivity index (χ2v) is 3.08. The summed E-state index contributed by atoms with van der Waals surface area (Å²) in [6.45, 7) is 1.93. The quantitative estimate of drug-likeness (QED) is 0.641. The third-order valence-electron chi connectivity index (χ3n) is 1.66. The fourth-order valence-electron chi connectivity index (χ4n) is 0.851. The van der Waals surface area contributed by atoms with Gasteiger partial charge in [-0.25, -0.2) is 4.98 Å². The Balaban J connectivity index is 3.19. The van der Waals surface area contributed by atoms with Crippen molar-refractivity contribution in [2.45, 2.75) is 6.92 Å². The van der Waals surface area contributed by atoms with E-state index in [1.54, 1.807) is 0 Å².